The normalized spacial score (nSPS) is 15.6. The van der Waals surface area contributed by atoms with Crippen LogP contribution in [0.4, 0.5) is 5.82 Å². The third-order valence-corrected chi connectivity index (χ3v) is 4.25. The summed E-state index contributed by atoms with van der Waals surface area (Å²) < 4.78 is 0. The monoisotopic (exact) mass is 276 g/mol. The van der Waals surface area contributed by atoms with Crippen LogP contribution in [0.25, 0.3) is 0 Å². The summed E-state index contributed by atoms with van der Waals surface area (Å²) >= 11 is 0. The molecule has 1 aliphatic rings. The van der Waals surface area contributed by atoms with Gasteiger partial charge in [0, 0.05) is 18.3 Å². The number of fused-ring (bicyclic) bond motifs is 1. The summed E-state index contributed by atoms with van der Waals surface area (Å²) in [7, 11) is 0. The Morgan fingerprint density at radius 1 is 1.40 bits per heavy atom. The maximum atomic E-state index is 11.6. The van der Waals surface area contributed by atoms with E-state index in [0.717, 1.165) is 49.9 Å². The molecule has 0 spiro atoms. The molecule has 0 saturated heterocycles. The van der Waals surface area contributed by atoms with E-state index >= 15 is 0 Å². The first-order valence-corrected chi connectivity index (χ1v) is 7.61. The van der Waals surface area contributed by atoms with Crippen LogP contribution in [-0.4, -0.2) is 28.6 Å². The molecule has 1 aromatic heterocycles. The molecular weight excluding hydrogens is 252 g/mol. The standard InChI is InChI=1S/C16H24N2O2/c1-4-11(3)18(5-2)15-13(16(19)20)10-12-8-6-7-9-14(12)17-15/h10-11H,4-9H2,1-3H3,(H,19,20). The van der Waals surface area contributed by atoms with Crippen molar-refractivity contribution in [3.05, 3.63) is 22.9 Å². The molecule has 1 heterocycles. The molecule has 1 atom stereocenters. The van der Waals surface area contributed by atoms with E-state index in [9.17, 15) is 9.90 Å². The van der Waals surface area contributed by atoms with Gasteiger partial charge in [0.05, 0.1) is 0 Å². The molecule has 0 bridgehead atoms. The minimum absolute atomic E-state index is 0.298. The van der Waals surface area contributed by atoms with Gasteiger partial charge in [-0.05, 0) is 57.6 Å². The second-order valence-electron chi connectivity index (χ2n) is 5.52. The highest BCUT2D eigenvalue weighted by molar-refractivity contribution is 5.93. The van der Waals surface area contributed by atoms with Gasteiger partial charge in [0.1, 0.15) is 11.4 Å². The fourth-order valence-corrected chi connectivity index (χ4v) is 2.89. The van der Waals surface area contributed by atoms with E-state index in [1.165, 1.54) is 0 Å². The number of carboxylic acid groups (broad SMARTS) is 1. The van der Waals surface area contributed by atoms with Gasteiger partial charge in [-0.15, -0.1) is 0 Å². The molecule has 0 aliphatic heterocycles. The summed E-state index contributed by atoms with van der Waals surface area (Å²) in [6.45, 7) is 7.07. The number of carbonyl (C=O) groups is 1. The lowest BCUT2D eigenvalue weighted by molar-refractivity contribution is 0.0697. The number of rotatable bonds is 5. The largest absolute Gasteiger partial charge is 0.478 e. The average molecular weight is 276 g/mol. The molecule has 0 saturated carbocycles. The highest BCUT2D eigenvalue weighted by Gasteiger charge is 2.23. The molecule has 1 unspecified atom stereocenters. The molecule has 4 nitrogen and oxygen atoms in total. The molecule has 1 aliphatic carbocycles. The highest BCUT2D eigenvalue weighted by Crippen LogP contribution is 2.28. The lowest BCUT2D eigenvalue weighted by atomic mass is 9.94. The Labute approximate surface area is 120 Å². The van der Waals surface area contributed by atoms with Gasteiger partial charge in [0.15, 0.2) is 0 Å². The van der Waals surface area contributed by atoms with Crippen LogP contribution in [-0.2, 0) is 12.8 Å². The van der Waals surface area contributed by atoms with E-state index in [1.807, 2.05) is 6.07 Å². The van der Waals surface area contributed by atoms with Crippen molar-refractivity contribution < 1.29 is 9.90 Å². The quantitative estimate of drug-likeness (QED) is 0.896. The molecule has 1 N–H and O–H groups in total. The van der Waals surface area contributed by atoms with Crippen molar-refractivity contribution in [2.75, 3.05) is 11.4 Å². The van der Waals surface area contributed by atoms with Crippen molar-refractivity contribution >= 4 is 11.8 Å². The predicted octanol–water partition coefficient (Wildman–Crippen LogP) is 3.28. The number of aryl methyl sites for hydroxylation is 2. The maximum Gasteiger partial charge on any atom is 0.339 e. The molecule has 0 amide bonds. The van der Waals surface area contributed by atoms with E-state index < -0.39 is 5.97 Å². The van der Waals surface area contributed by atoms with Gasteiger partial charge in [-0.2, -0.15) is 0 Å². The zero-order valence-electron chi connectivity index (χ0n) is 12.6. The molecule has 0 radical (unpaired) electrons. The van der Waals surface area contributed by atoms with E-state index in [1.54, 1.807) is 0 Å². The van der Waals surface area contributed by atoms with Crippen LogP contribution in [0.1, 0.15) is 61.6 Å². The first kappa shape index (κ1) is 14.8. The summed E-state index contributed by atoms with van der Waals surface area (Å²) in [5, 5.41) is 9.50. The van der Waals surface area contributed by atoms with Crippen LogP contribution in [0.15, 0.2) is 6.07 Å². The van der Waals surface area contributed by atoms with E-state index in [4.69, 9.17) is 4.98 Å². The van der Waals surface area contributed by atoms with Crippen molar-refractivity contribution in [2.45, 2.75) is 58.9 Å². The number of anilines is 1. The lowest BCUT2D eigenvalue weighted by Crippen LogP contribution is -2.35. The van der Waals surface area contributed by atoms with E-state index in [0.29, 0.717) is 17.4 Å². The second kappa shape index (κ2) is 6.25. The second-order valence-corrected chi connectivity index (χ2v) is 5.52. The predicted molar refractivity (Wildman–Crippen MR) is 80.6 cm³/mol. The van der Waals surface area contributed by atoms with Crippen molar-refractivity contribution in [1.82, 2.24) is 4.98 Å². The Kier molecular flexibility index (Phi) is 4.63. The van der Waals surface area contributed by atoms with Gasteiger partial charge in [0.2, 0.25) is 0 Å². The van der Waals surface area contributed by atoms with Gasteiger partial charge < -0.3 is 10.0 Å². The van der Waals surface area contributed by atoms with Crippen LogP contribution in [0.2, 0.25) is 0 Å². The average Bonchev–Trinajstić information content (AvgIpc) is 2.46. The first-order chi connectivity index (χ1) is 9.58. The fourth-order valence-electron chi connectivity index (χ4n) is 2.89. The first-order valence-electron chi connectivity index (χ1n) is 7.61. The summed E-state index contributed by atoms with van der Waals surface area (Å²) in [6, 6.07) is 2.15. The minimum Gasteiger partial charge on any atom is -0.478 e. The van der Waals surface area contributed by atoms with Crippen LogP contribution in [0.3, 0.4) is 0 Å². The summed E-state index contributed by atoms with van der Waals surface area (Å²) in [5.41, 5.74) is 2.57. The number of aromatic nitrogens is 1. The van der Waals surface area contributed by atoms with Crippen LogP contribution >= 0.6 is 0 Å². The zero-order valence-corrected chi connectivity index (χ0v) is 12.6. The molecule has 110 valence electrons. The Balaban J connectivity index is 2.51. The lowest BCUT2D eigenvalue weighted by Gasteiger charge is -2.31. The topological polar surface area (TPSA) is 53.4 Å². The molecule has 0 aromatic carbocycles. The number of nitrogens with zero attached hydrogens (tertiary/aromatic N) is 2. The van der Waals surface area contributed by atoms with Crippen LogP contribution in [0, 0.1) is 0 Å². The third kappa shape index (κ3) is 2.79. The van der Waals surface area contributed by atoms with Crippen molar-refractivity contribution in [2.24, 2.45) is 0 Å². The van der Waals surface area contributed by atoms with Crippen molar-refractivity contribution in [3.8, 4) is 0 Å². The summed E-state index contributed by atoms with van der Waals surface area (Å²) in [4.78, 5) is 18.4. The maximum absolute atomic E-state index is 11.6. The molecule has 20 heavy (non-hydrogen) atoms. The number of hydrogen-bond acceptors (Lipinski definition) is 3. The van der Waals surface area contributed by atoms with Gasteiger partial charge >= 0.3 is 5.97 Å². The molecule has 0 fully saturated rings. The Morgan fingerprint density at radius 3 is 2.70 bits per heavy atom. The third-order valence-electron chi connectivity index (χ3n) is 4.25. The molecule has 4 heteroatoms. The minimum atomic E-state index is -0.873. The van der Waals surface area contributed by atoms with Crippen molar-refractivity contribution in [3.63, 3.8) is 0 Å². The molecule has 1 aromatic rings. The zero-order chi connectivity index (χ0) is 14.7. The number of hydrogen-bond donors (Lipinski definition) is 1. The smallest absolute Gasteiger partial charge is 0.339 e. The van der Waals surface area contributed by atoms with Crippen LogP contribution < -0.4 is 4.90 Å². The van der Waals surface area contributed by atoms with Gasteiger partial charge in [-0.1, -0.05) is 6.92 Å². The molecular formula is C16H24N2O2. The number of pyridine rings is 1. The SMILES string of the molecule is CCC(C)N(CC)c1nc2c(cc1C(=O)O)CCCC2. The van der Waals surface area contributed by atoms with E-state index in [2.05, 4.69) is 25.7 Å². The Bertz CT molecular complexity index is 499. The molecule has 2 rings (SSSR count). The van der Waals surface area contributed by atoms with Gasteiger partial charge in [0.25, 0.3) is 0 Å². The number of carboxylic acids is 1. The number of aromatic carboxylic acids is 1. The van der Waals surface area contributed by atoms with Crippen molar-refractivity contribution in [1.29, 1.82) is 0 Å². The fraction of sp³-hybridized carbons (Fsp3) is 0.625. The van der Waals surface area contributed by atoms with Gasteiger partial charge in [-0.3, -0.25) is 0 Å². The summed E-state index contributed by atoms with van der Waals surface area (Å²) in [6.07, 6.45) is 5.20. The van der Waals surface area contributed by atoms with Gasteiger partial charge in [-0.25, -0.2) is 9.78 Å². The van der Waals surface area contributed by atoms with E-state index in [-0.39, 0.29) is 0 Å². The Hall–Kier alpha value is -1.58. The highest BCUT2D eigenvalue weighted by atomic mass is 16.4. The van der Waals surface area contributed by atoms with Crippen LogP contribution in [0.5, 0.6) is 0 Å². The Morgan fingerprint density at radius 2 is 2.10 bits per heavy atom. The summed E-state index contributed by atoms with van der Waals surface area (Å²) in [5.74, 6) is -0.224.